The van der Waals surface area contributed by atoms with E-state index in [4.69, 9.17) is 0 Å². The maximum atomic E-state index is 13.7. The standard InChI is InChI=1S/C14H15F2N3/c1-3-17-14-13(16)9(2)18-12(19-14)8-10-6-4-5-7-11(10)15/h4-7H,3,8H2,1-2H3,(H,17,18,19). The smallest absolute Gasteiger partial charge is 0.186 e. The third-order valence-electron chi connectivity index (χ3n) is 2.71. The van der Waals surface area contributed by atoms with Crippen molar-refractivity contribution in [3.63, 3.8) is 0 Å². The molecule has 0 saturated carbocycles. The Morgan fingerprint density at radius 3 is 2.58 bits per heavy atom. The minimum atomic E-state index is -0.459. The van der Waals surface area contributed by atoms with Gasteiger partial charge in [-0.1, -0.05) is 18.2 Å². The van der Waals surface area contributed by atoms with Gasteiger partial charge in [0.1, 0.15) is 11.6 Å². The number of aromatic nitrogens is 2. The van der Waals surface area contributed by atoms with Crippen molar-refractivity contribution in [1.82, 2.24) is 9.97 Å². The zero-order valence-electron chi connectivity index (χ0n) is 10.9. The van der Waals surface area contributed by atoms with E-state index in [1.807, 2.05) is 6.92 Å². The van der Waals surface area contributed by atoms with E-state index in [2.05, 4.69) is 15.3 Å². The summed E-state index contributed by atoms with van der Waals surface area (Å²) in [5.41, 5.74) is 0.758. The lowest BCUT2D eigenvalue weighted by Gasteiger charge is -2.09. The Balaban J connectivity index is 2.33. The van der Waals surface area contributed by atoms with Gasteiger partial charge >= 0.3 is 0 Å². The van der Waals surface area contributed by atoms with Crippen molar-refractivity contribution in [2.45, 2.75) is 20.3 Å². The molecule has 3 nitrogen and oxygen atoms in total. The summed E-state index contributed by atoms with van der Waals surface area (Å²) in [6, 6.07) is 6.43. The molecule has 5 heteroatoms. The predicted octanol–water partition coefficient (Wildman–Crippen LogP) is 3.09. The van der Waals surface area contributed by atoms with E-state index in [0.29, 0.717) is 17.9 Å². The van der Waals surface area contributed by atoms with Gasteiger partial charge < -0.3 is 5.32 Å². The van der Waals surface area contributed by atoms with E-state index in [1.165, 1.54) is 6.07 Å². The molecule has 1 heterocycles. The van der Waals surface area contributed by atoms with Gasteiger partial charge in [0.15, 0.2) is 11.6 Å². The quantitative estimate of drug-likeness (QED) is 0.921. The molecule has 2 aromatic rings. The van der Waals surface area contributed by atoms with Gasteiger partial charge in [-0.15, -0.1) is 0 Å². The van der Waals surface area contributed by atoms with Gasteiger partial charge in [0, 0.05) is 13.0 Å². The van der Waals surface area contributed by atoms with Crippen LogP contribution in [0.1, 0.15) is 24.0 Å². The lowest BCUT2D eigenvalue weighted by molar-refractivity contribution is 0.596. The summed E-state index contributed by atoms with van der Waals surface area (Å²) in [5.74, 6) is -0.196. The van der Waals surface area contributed by atoms with E-state index in [-0.39, 0.29) is 23.7 Å². The predicted molar refractivity (Wildman–Crippen MR) is 70.1 cm³/mol. The number of halogens is 2. The maximum Gasteiger partial charge on any atom is 0.186 e. The third-order valence-corrected chi connectivity index (χ3v) is 2.71. The Kier molecular flexibility index (Phi) is 4.04. The number of anilines is 1. The molecule has 19 heavy (non-hydrogen) atoms. The van der Waals surface area contributed by atoms with E-state index < -0.39 is 5.82 Å². The van der Waals surface area contributed by atoms with Gasteiger partial charge in [-0.25, -0.2) is 18.7 Å². The van der Waals surface area contributed by atoms with Gasteiger partial charge in [-0.3, -0.25) is 0 Å². The molecule has 0 radical (unpaired) electrons. The first-order chi connectivity index (χ1) is 9.11. The summed E-state index contributed by atoms with van der Waals surface area (Å²) in [6.07, 6.45) is 0.242. The van der Waals surface area contributed by atoms with Gasteiger partial charge in [0.05, 0.1) is 5.69 Å². The first-order valence-corrected chi connectivity index (χ1v) is 6.12. The van der Waals surface area contributed by atoms with E-state index in [1.54, 1.807) is 25.1 Å². The Bertz CT molecular complexity index is 585. The Hall–Kier alpha value is -2.04. The fraction of sp³-hybridized carbons (Fsp3) is 0.286. The lowest BCUT2D eigenvalue weighted by Crippen LogP contribution is -2.09. The van der Waals surface area contributed by atoms with Crippen LogP contribution >= 0.6 is 0 Å². The molecule has 2 rings (SSSR count). The monoisotopic (exact) mass is 263 g/mol. The molecule has 0 unspecified atom stereocenters. The largest absolute Gasteiger partial charge is 0.368 e. The first kappa shape index (κ1) is 13.4. The second kappa shape index (κ2) is 5.73. The second-order valence-corrected chi connectivity index (χ2v) is 4.19. The summed E-state index contributed by atoms with van der Waals surface area (Å²) < 4.78 is 27.3. The van der Waals surface area contributed by atoms with Crippen LogP contribution in [-0.2, 0) is 6.42 Å². The summed E-state index contributed by atoms with van der Waals surface area (Å²) in [5, 5.41) is 2.84. The molecule has 0 atom stereocenters. The number of hydrogen-bond donors (Lipinski definition) is 1. The van der Waals surface area contributed by atoms with Gasteiger partial charge in [-0.05, 0) is 25.5 Å². The number of benzene rings is 1. The van der Waals surface area contributed by atoms with Crippen LogP contribution < -0.4 is 5.32 Å². The SMILES string of the molecule is CCNc1nc(Cc2ccccc2F)nc(C)c1F. The van der Waals surface area contributed by atoms with Crippen LogP contribution in [0.4, 0.5) is 14.6 Å². The topological polar surface area (TPSA) is 37.8 Å². The number of rotatable bonds is 4. The van der Waals surface area contributed by atoms with Crippen molar-refractivity contribution in [3.05, 3.63) is 53.0 Å². The zero-order chi connectivity index (χ0) is 13.8. The molecule has 100 valence electrons. The summed E-state index contributed by atoms with van der Waals surface area (Å²) >= 11 is 0. The van der Waals surface area contributed by atoms with Crippen molar-refractivity contribution in [2.75, 3.05) is 11.9 Å². The highest BCUT2D eigenvalue weighted by Gasteiger charge is 2.12. The minimum absolute atomic E-state index is 0.168. The third kappa shape index (κ3) is 3.05. The molecule has 0 aliphatic heterocycles. The molecule has 0 spiro atoms. The molecular formula is C14H15F2N3. The average molecular weight is 263 g/mol. The zero-order valence-corrected chi connectivity index (χ0v) is 10.9. The van der Waals surface area contributed by atoms with E-state index in [0.717, 1.165) is 0 Å². The van der Waals surface area contributed by atoms with Gasteiger partial charge in [0.25, 0.3) is 0 Å². The van der Waals surface area contributed by atoms with Crippen LogP contribution in [-0.4, -0.2) is 16.5 Å². The van der Waals surface area contributed by atoms with Crippen LogP contribution in [0, 0.1) is 18.6 Å². The van der Waals surface area contributed by atoms with E-state index in [9.17, 15) is 8.78 Å². The summed E-state index contributed by atoms with van der Waals surface area (Å²) in [4.78, 5) is 8.15. The minimum Gasteiger partial charge on any atom is -0.368 e. The molecule has 0 fully saturated rings. The van der Waals surface area contributed by atoms with Crippen molar-refractivity contribution in [3.8, 4) is 0 Å². The van der Waals surface area contributed by atoms with Crippen molar-refractivity contribution < 1.29 is 8.78 Å². The molecule has 1 N–H and O–H groups in total. The number of hydrogen-bond acceptors (Lipinski definition) is 3. The Morgan fingerprint density at radius 2 is 1.89 bits per heavy atom. The van der Waals surface area contributed by atoms with Crippen LogP contribution in [0.15, 0.2) is 24.3 Å². The summed E-state index contributed by atoms with van der Waals surface area (Å²) in [7, 11) is 0. The highest BCUT2D eigenvalue weighted by molar-refractivity contribution is 5.38. The van der Waals surface area contributed by atoms with Crippen LogP contribution in [0.3, 0.4) is 0 Å². The molecule has 0 aliphatic carbocycles. The van der Waals surface area contributed by atoms with Crippen molar-refractivity contribution in [1.29, 1.82) is 0 Å². The Morgan fingerprint density at radius 1 is 1.16 bits per heavy atom. The van der Waals surface area contributed by atoms with E-state index >= 15 is 0 Å². The van der Waals surface area contributed by atoms with Crippen molar-refractivity contribution in [2.24, 2.45) is 0 Å². The van der Waals surface area contributed by atoms with Crippen LogP contribution in [0.5, 0.6) is 0 Å². The number of nitrogens with zero attached hydrogens (tertiary/aromatic N) is 2. The summed E-state index contributed by atoms with van der Waals surface area (Å²) in [6.45, 7) is 3.99. The second-order valence-electron chi connectivity index (χ2n) is 4.19. The highest BCUT2D eigenvalue weighted by atomic mass is 19.1. The van der Waals surface area contributed by atoms with Crippen LogP contribution in [0.2, 0.25) is 0 Å². The molecule has 0 saturated heterocycles. The number of nitrogens with one attached hydrogen (secondary N) is 1. The van der Waals surface area contributed by atoms with Gasteiger partial charge in [-0.2, -0.15) is 0 Å². The highest BCUT2D eigenvalue weighted by Crippen LogP contribution is 2.16. The van der Waals surface area contributed by atoms with Crippen molar-refractivity contribution >= 4 is 5.82 Å². The molecule has 0 aliphatic rings. The molecule has 1 aromatic carbocycles. The molecular weight excluding hydrogens is 248 g/mol. The fourth-order valence-electron chi connectivity index (χ4n) is 1.79. The lowest BCUT2D eigenvalue weighted by atomic mass is 10.1. The fourth-order valence-corrected chi connectivity index (χ4v) is 1.79. The number of aryl methyl sites for hydroxylation is 1. The average Bonchev–Trinajstić information content (AvgIpc) is 2.38. The first-order valence-electron chi connectivity index (χ1n) is 6.12. The molecule has 0 amide bonds. The molecule has 0 bridgehead atoms. The van der Waals surface area contributed by atoms with Crippen LogP contribution in [0.25, 0.3) is 0 Å². The normalized spacial score (nSPS) is 10.5. The van der Waals surface area contributed by atoms with Gasteiger partial charge in [0.2, 0.25) is 0 Å². The Labute approximate surface area is 110 Å². The maximum absolute atomic E-state index is 13.7. The molecule has 1 aromatic heterocycles.